The normalized spacial score (nSPS) is 15.5. The third-order valence-electron chi connectivity index (χ3n) is 4.34. The summed E-state index contributed by atoms with van der Waals surface area (Å²) >= 11 is 5.99. The van der Waals surface area contributed by atoms with Gasteiger partial charge in [-0.15, -0.1) is 0 Å². The second kappa shape index (κ2) is 8.39. The van der Waals surface area contributed by atoms with Crippen molar-refractivity contribution in [3.8, 4) is 0 Å². The van der Waals surface area contributed by atoms with Gasteiger partial charge in [0.2, 0.25) is 10.0 Å². The Morgan fingerprint density at radius 2 is 1.85 bits per heavy atom. The van der Waals surface area contributed by atoms with Crippen molar-refractivity contribution in [3.63, 3.8) is 0 Å². The molecule has 0 atom stereocenters. The fourth-order valence-electron chi connectivity index (χ4n) is 2.93. The van der Waals surface area contributed by atoms with E-state index < -0.39 is 10.0 Å². The number of hydrogen-bond acceptors (Lipinski definition) is 4. The Labute approximate surface area is 164 Å². The first-order chi connectivity index (χ1) is 12.9. The molecule has 1 aliphatic rings. The molecule has 6 nitrogen and oxygen atoms in total. The summed E-state index contributed by atoms with van der Waals surface area (Å²) in [5.41, 5.74) is 1.23. The van der Waals surface area contributed by atoms with Gasteiger partial charge in [0.05, 0.1) is 18.1 Å². The number of carbonyl (C=O) groups is 1. The molecule has 0 aliphatic carbocycles. The predicted octanol–water partition coefficient (Wildman–Crippen LogP) is 2.63. The smallest absolute Gasteiger partial charge is 0.253 e. The highest BCUT2D eigenvalue weighted by Gasteiger charge is 2.27. The first-order valence-electron chi connectivity index (χ1n) is 8.56. The van der Waals surface area contributed by atoms with Crippen LogP contribution in [-0.4, -0.2) is 56.9 Å². The van der Waals surface area contributed by atoms with Crippen molar-refractivity contribution in [2.24, 2.45) is 0 Å². The fourth-order valence-corrected chi connectivity index (χ4v) is 4.59. The molecule has 2 aromatic carbocycles. The SMILES string of the molecule is CN(Cc1cccc(Cl)c1)C(=O)c1cccc(S(=O)(=O)N2CCOCC2)c1. The van der Waals surface area contributed by atoms with Crippen LogP contribution in [-0.2, 0) is 21.3 Å². The van der Waals surface area contributed by atoms with Crippen LogP contribution in [0.15, 0.2) is 53.4 Å². The van der Waals surface area contributed by atoms with Gasteiger partial charge < -0.3 is 9.64 Å². The van der Waals surface area contributed by atoms with Crippen LogP contribution in [0, 0.1) is 0 Å². The average molecular weight is 409 g/mol. The summed E-state index contributed by atoms with van der Waals surface area (Å²) in [6.07, 6.45) is 0. The van der Waals surface area contributed by atoms with Gasteiger partial charge in [0.15, 0.2) is 0 Å². The highest BCUT2D eigenvalue weighted by atomic mass is 35.5. The van der Waals surface area contributed by atoms with Crippen LogP contribution >= 0.6 is 11.6 Å². The van der Waals surface area contributed by atoms with E-state index in [1.807, 2.05) is 12.1 Å². The zero-order valence-corrected chi connectivity index (χ0v) is 16.5. The topological polar surface area (TPSA) is 66.9 Å². The van der Waals surface area contributed by atoms with Gasteiger partial charge in [0.1, 0.15) is 0 Å². The van der Waals surface area contributed by atoms with E-state index in [0.717, 1.165) is 5.56 Å². The van der Waals surface area contributed by atoms with E-state index in [1.54, 1.807) is 31.3 Å². The number of hydrogen-bond donors (Lipinski definition) is 0. The van der Waals surface area contributed by atoms with E-state index in [-0.39, 0.29) is 10.8 Å². The Morgan fingerprint density at radius 3 is 2.56 bits per heavy atom. The molecule has 1 saturated heterocycles. The molecule has 1 amide bonds. The first kappa shape index (κ1) is 19.8. The maximum absolute atomic E-state index is 12.8. The van der Waals surface area contributed by atoms with Crippen LogP contribution in [0.4, 0.5) is 0 Å². The van der Waals surface area contributed by atoms with Crippen LogP contribution < -0.4 is 0 Å². The van der Waals surface area contributed by atoms with Crippen molar-refractivity contribution in [3.05, 3.63) is 64.7 Å². The lowest BCUT2D eigenvalue weighted by Crippen LogP contribution is -2.40. The predicted molar refractivity (Wildman–Crippen MR) is 103 cm³/mol. The number of morpholine rings is 1. The van der Waals surface area contributed by atoms with Gasteiger partial charge >= 0.3 is 0 Å². The molecule has 0 aromatic heterocycles. The van der Waals surface area contributed by atoms with Crippen molar-refractivity contribution in [1.29, 1.82) is 0 Å². The molecule has 1 heterocycles. The molecule has 144 valence electrons. The molecule has 1 fully saturated rings. The molecular weight excluding hydrogens is 388 g/mol. The number of nitrogens with zero attached hydrogens (tertiary/aromatic N) is 2. The average Bonchev–Trinajstić information content (AvgIpc) is 2.68. The highest BCUT2D eigenvalue weighted by Crippen LogP contribution is 2.20. The number of benzene rings is 2. The van der Waals surface area contributed by atoms with Crippen LogP contribution in [0.2, 0.25) is 5.02 Å². The maximum Gasteiger partial charge on any atom is 0.253 e. The van der Waals surface area contributed by atoms with E-state index in [9.17, 15) is 13.2 Å². The molecule has 8 heteroatoms. The minimum absolute atomic E-state index is 0.117. The Bertz CT molecular complexity index is 927. The summed E-state index contributed by atoms with van der Waals surface area (Å²) in [5, 5.41) is 0.604. The van der Waals surface area contributed by atoms with E-state index in [1.165, 1.54) is 21.3 Å². The van der Waals surface area contributed by atoms with Crippen LogP contribution in [0.25, 0.3) is 0 Å². The van der Waals surface area contributed by atoms with Crippen LogP contribution in [0.5, 0.6) is 0 Å². The lowest BCUT2D eigenvalue weighted by Gasteiger charge is -2.26. The van der Waals surface area contributed by atoms with Gasteiger partial charge in [-0.25, -0.2) is 8.42 Å². The quantitative estimate of drug-likeness (QED) is 0.762. The van der Waals surface area contributed by atoms with E-state index in [4.69, 9.17) is 16.3 Å². The molecule has 3 rings (SSSR count). The summed E-state index contributed by atoms with van der Waals surface area (Å²) in [6.45, 7) is 1.75. The summed E-state index contributed by atoms with van der Waals surface area (Å²) < 4.78 is 32.2. The monoisotopic (exact) mass is 408 g/mol. The molecule has 0 radical (unpaired) electrons. The number of halogens is 1. The molecule has 0 N–H and O–H groups in total. The minimum Gasteiger partial charge on any atom is -0.379 e. The standard InChI is InChI=1S/C19H21ClN2O4S/c1-21(14-15-4-2-6-17(20)12-15)19(23)16-5-3-7-18(13-16)27(24,25)22-8-10-26-11-9-22/h2-7,12-13H,8-11,14H2,1H3. The Kier molecular flexibility index (Phi) is 6.16. The van der Waals surface area contributed by atoms with Gasteiger partial charge in [-0.2, -0.15) is 4.31 Å². The molecule has 0 spiro atoms. The number of sulfonamides is 1. The van der Waals surface area contributed by atoms with Crippen molar-refractivity contribution < 1.29 is 17.9 Å². The second-order valence-corrected chi connectivity index (χ2v) is 8.71. The molecule has 27 heavy (non-hydrogen) atoms. The Balaban J connectivity index is 1.78. The third kappa shape index (κ3) is 4.68. The number of ether oxygens (including phenoxy) is 1. The zero-order valence-electron chi connectivity index (χ0n) is 15.0. The Hall–Kier alpha value is -1.93. The first-order valence-corrected chi connectivity index (χ1v) is 10.4. The molecule has 1 aliphatic heterocycles. The molecule has 0 bridgehead atoms. The van der Waals surface area contributed by atoms with Crippen molar-refractivity contribution in [1.82, 2.24) is 9.21 Å². The maximum atomic E-state index is 12.8. The lowest BCUT2D eigenvalue weighted by molar-refractivity contribution is 0.0730. The highest BCUT2D eigenvalue weighted by molar-refractivity contribution is 7.89. The molecule has 2 aromatic rings. The van der Waals surface area contributed by atoms with Gasteiger partial charge in [-0.3, -0.25) is 4.79 Å². The zero-order chi connectivity index (χ0) is 19.4. The minimum atomic E-state index is -3.64. The van der Waals surface area contributed by atoms with Gasteiger partial charge in [0.25, 0.3) is 5.91 Å². The lowest BCUT2D eigenvalue weighted by atomic mass is 10.1. The number of amides is 1. The summed E-state index contributed by atoms with van der Waals surface area (Å²) in [6, 6.07) is 13.4. The summed E-state index contributed by atoms with van der Waals surface area (Å²) in [5.74, 6) is -0.256. The van der Waals surface area contributed by atoms with E-state index >= 15 is 0 Å². The van der Waals surface area contributed by atoms with E-state index in [0.29, 0.717) is 43.4 Å². The Morgan fingerprint density at radius 1 is 1.15 bits per heavy atom. The third-order valence-corrected chi connectivity index (χ3v) is 6.47. The van der Waals surface area contributed by atoms with Crippen LogP contribution in [0.1, 0.15) is 15.9 Å². The number of carbonyl (C=O) groups excluding carboxylic acids is 1. The van der Waals surface area contributed by atoms with Gasteiger partial charge in [0, 0.05) is 37.3 Å². The second-order valence-electron chi connectivity index (χ2n) is 6.34. The molecule has 0 saturated carbocycles. The molecule has 0 unspecified atom stereocenters. The van der Waals surface area contributed by atoms with E-state index in [2.05, 4.69) is 0 Å². The fraction of sp³-hybridized carbons (Fsp3) is 0.316. The largest absolute Gasteiger partial charge is 0.379 e. The number of rotatable bonds is 5. The van der Waals surface area contributed by atoms with Crippen LogP contribution in [0.3, 0.4) is 0 Å². The summed E-state index contributed by atoms with van der Waals surface area (Å²) in [4.78, 5) is 14.4. The van der Waals surface area contributed by atoms with Crippen molar-refractivity contribution in [2.45, 2.75) is 11.4 Å². The summed E-state index contributed by atoms with van der Waals surface area (Å²) in [7, 11) is -1.97. The molecular formula is C19H21ClN2O4S. The van der Waals surface area contributed by atoms with Gasteiger partial charge in [-0.05, 0) is 35.9 Å². The van der Waals surface area contributed by atoms with Crippen molar-refractivity contribution in [2.75, 3.05) is 33.4 Å². The van der Waals surface area contributed by atoms with Gasteiger partial charge in [-0.1, -0.05) is 29.8 Å². The van der Waals surface area contributed by atoms with Crippen molar-refractivity contribution >= 4 is 27.5 Å².